The predicted molar refractivity (Wildman–Crippen MR) is 74.8 cm³/mol. The molecular formula is C15H23NO3. The van der Waals surface area contributed by atoms with Crippen molar-refractivity contribution in [3.05, 3.63) is 23.3 Å². The molecule has 1 aromatic rings. The lowest BCUT2D eigenvalue weighted by Crippen LogP contribution is -2.21. The quantitative estimate of drug-likeness (QED) is 0.882. The molecule has 1 aliphatic heterocycles. The summed E-state index contributed by atoms with van der Waals surface area (Å²) < 4.78 is 10.7. The van der Waals surface area contributed by atoms with Gasteiger partial charge in [-0.15, -0.1) is 0 Å². The number of hydrogen-bond donors (Lipinski definition) is 1. The van der Waals surface area contributed by atoms with Crippen LogP contribution in [0.15, 0.2) is 12.1 Å². The van der Waals surface area contributed by atoms with Crippen LogP contribution in [0.4, 0.5) is 0 Å². The number of nitrogens with zero attached hydrogens (tertiary/aromatic N) is 1. The Morgan fingerprint density at radius 3 is 2.53 bits per heavy atom. The molecule has 1 N–H and O–H groups in total. The molecule has 19 heavy (non-hydrogen) atoms. The zero-order valence-electron chi connectivity index (χ0n) is 12.0. The highest BCUT2D eigenvalue weighted by atomic mass is 16.5. The first-order valence-electron chi connectivity index (χ1n) is 6.72. The smallest absolute Gasteiger partial charge is 0.161 e. The summed E-state index contributed by atoms with van der Waals surface area (Å²) in [6.45, 7) is 5.32. The Bertz CT molecular complexity index is 434. The van der Waals surface area contributed by atoms with E-state index in [1.807, 2.05) is 6.07 Å². The van der Waals surface area contributed by atoms with Crippen molar-refractivity contribution in [1.82, 2.24) is 4.90 Å². The summed E-state index contributed by atoms with van der Waals surface area (Å²) in [6, 6.07) is 4.08. The highest BCUT2D eigenvalue weighted by Crippen LogP contribution is 2.31. The van der Waals surface area contributed by atoms with E-state index in [1.54, 1.807) is 14.2 Å². The summed E-state index contributed by atoms with van der Waals surface area (Å²) in [5, 5.41) is 9.19. The maximum absolute atomic E-state index is 9.19. The zero-order chi connectivity index (χ0) is 13.8. The molecule has 0 bridgehead atoms. The van der Waals surface area contributed by atoms with Gasteiger partial charge in [-0.25, -0.2) is 0 Å². The Balaban J connectivity index is 2.12. The summed E-state index contributed by atoms with van der Waals surface area (Å²) in [5.41, 5.74) is 2.47. The summed E-state index contributed by atoms with van der Waals surface area (Å²) in [4.78, 5) is 2.38. The van der Waals surface area contributed by atoms with E-state index in [-0.39, 0.29) is 0 Å². The fourth-order valence-electron chi connectivity index (χ4n) is 2.64. The Labute approximate surface area is 114 Å². The number of aliphatic hydroxyl groups is 1. The van der Waals surface area contributed by atoms with E-state index >= 15 is 0 Å². The molecule has 1 unspecified atom stereocenters. The molecule has 0 radical (unpaired) electrons. The second kappa shape index (κ2) is 6.26. The normalized spacial score (nSPS) is 19.7. The third-order valence-corrected chi connectivity index (χ3v) is 3.86. The van der Waals surface area contributed by atoms with Crippen LogP contribution >= 0.6 is 0 Å². The second-order valence-corrected chi connectivity index (χ2v) is 5.21. The van der Waals surface area contributed by atoms with Crippen LogP contribution in [0.2, 0.25) is 0 Å². The van der Waals surface area contributed by atoms with E-state index in [0.717, 1.165) is 37.6 Å². The summed E-state index contributed by atoms with van der Waals surface area (Å²) in [6.07, 6.45) is 1.09. The van der Waals surface area contributed by atoms with Gasteiger partial charge in [-0.2, -0.15) is 0 Å². The van der Waals surface area contributed by atoms with Crippen LogP contribution in [-0.2, 0) is 6.54 Å². The molecule has 1 atom stereocenters. The van der Waals surface area contributed by atoms with E-state index < -0.39 is 0 Å². The number of aryl methyl sites for hydroxylation is 1. The maximum Gasteiger partial charge on any atom is 0.161 e. The highest BCUT2D eigenvalue weighted by molar-refractivity contribution is 5.47. The monoisotopic (exact) mass is 265 g/mol. The Morgan fingerprint density at radius 2 is 1.95 bits per heavy atom. The van der Waals surface area contributed by atoms with Gasteiger partial charge in [0.15, 0.2) is 11.5 Å². The number of aliphatic hydroxyl groups excluding tert-OH is 1. The molecule has 106 valence electrons. The van der Waals surface area contributed by atoms with E-state index in [1.165, 1.54) is 11.1 Å². The molecule has 1 fully saturated rings. The molecule has 4 heteroatoms. The minimum absolute atomic E-state index is 0.293. The third kappa shape index (κ3) is 3.19. The minimum atomic E-state index is 0.293. The fourth-order valence-corrected chi connectivity index (χ4v) is 2.64. The van der Waals surface area contributed by atoms with Crippen molar-refractivity contribution in [2.45, 2.75) is 19.9 Å². The standard InChI is InChI=1S/C15H23NO3/c1-11-6-14(18-2)15(19-3)7-13(11)9-16-5-4-12(8-16)10-17/h6-7,12,17H,4-5,8-10H2,1-3H3. The SMILES string of the molecule is COc1cc(C)c(CN2CCC(CO)C2)cc1OC. The molecule has 4 nitrogen and oxygen atoms in total. The molecule has 1 aliphatic rings. The number of ether oxygens (including phenoxy) is 2. The van der Waals surface area contributed by atoms with Gasteiger partial charge in [-0.3, -0.25) is 4.90 Å². The molecule has 1 heterocycles. The number of benzene rings is 1. The minimum Gasteiger partial charge on any atom is -0.493 e. The molecule has 0 saturated carbocycles. The summed E-state index contributed by atoms with van der Waals surface area (Å²) in [5.74, 6) is 1.99. The lowest BCUT2D eigenvalue weighted by atomic mass is 10.1. The van der Waals surface area contributed by atoms with E-state index in [0.29, 0.717) is 12.5 Å². The number of rotatable bonds is 5. The van der Waals surface area contributed by atoms with Crippen LogP contribution < -0.4 is 9.47 Å². The second-order valence-electron chi connectivity index (χ2n) is 5.21. The van der Waals surface area contributed by atoms with Crippen molar-refractivity contribution in [2.24, 2.45) is 5.92 Å². The van der Waals surface area contributed by atoms with Crippen LogP contribution in [0, 0.1) is 12.8 Å². The molecule has 2 rings (SSSR count). The van der Waals surface area contributed by atoms with Gasteiger partial charge >= 0.3 is 0 Å². The molecule has 1 saturated heterocycles. The van der Waals surface area contributed by atoms with Gasteiger partial charge in [0.05, 0.1) is 14.2 Å². The van der Waals surface area contributed by atoms with Crippen LogP contribution in [0.25, 0.3) is 0 Å². The van der Waals surface area contributed by atoms with Gasteiger partial charge < -0.3 is 14.6 Å². The summed E-state index contributed by atoms with van der Waals surface area (Å²) >= 11 is 0. The predicted octanol–water partition coefficient (Wildman–Crippen LogP) is 1.83. The molecular weight excluding hydrogens is 242 g/mol. The third-order valence-electron chi connectivity index (χ3n) is 3.86. The number of hydrogen-bond acceptors (Lipinski definition) is 4. The molecule has 0 amide bonds. The molecule has 1 aromatic carbocycles. The van der Waals surface area contributed by atoms with Crippen molar-refractivity contribution >= 4 is 0 Å². The van der Waals surface area contributed by atoms with E-state index in [2.05, 4.69) is 17.9 Å². The molecule has 0 aromatic heterocycles. The van der Waals surface area contributed by atoms with Gasteiger partial charge in [0.2, 0.25) is 0 Å². The van der Waals surface area contributed by atoms with Gasteiger partial charge in [-0.1, -0.05) is 0 Å². The highest BCUT2D eigenvalue weighted by Gasteiger charge is 2.22. The fraction of sp³-hybridized carbons (Fsp3) is 0.600. The van der Waals surface area contributed by atoms with Crippen molar-refractivity contribution < 1.29 is 14.6 Å². The van der Waals surface area contributed by atoms with Crippen molar-refractivity contribution in [3.8, 4) is 11.5 Å². The van der Waals surface area contributed by atoms with Crippen molar-refractivity contribution in [2.75, 3.05) is 33.9 Å². The first-order chi connectivity index (χ1) is 9.17. The maximum atomic E-state index is 9.19. The average molecular weight is 265 g/mol. The van der Waals surface area contributed by atoms with Crippen LogP contribution in [0.1, 0.15) is 17.5 Å². The topological polar surface area (TPSA) is 41.9 Å². The first-order valence-corrected chi connectivity index (χ1v) is 6.72. The van der Waals surface area contributed by atoms with Gasteiger partial charge in [0, 0.05) is 19.7 Å². The largest absolute Gasteiger partial charge is 0.493 e. The van der Waals surface area contributed by atoms with Crippen molar-refractivity contribution in [1.29, 1.82) is 0 Å². The Hall–Kier alpha value is -1.26. The lowest BCUT2D eigenvalue weighted by Gasteiger charge is -2.19. The van der Waals surface area contributed by atoms with Crippen LogP contribution in [0.5, 0.6) is 11.5 Å². The van der Waals surface area contributed by atoms with Crippen molar-refractivity contribution in [3.63, 3.8) is 0 Å². The molecule has 0 aliphatic carbocycles. The van der Waals surface area contributed by atoms with E-state index in [4.69, 9.17) is 9.47 Å². The Kier molecular flexibility index (Phi) is 4.66. The van der Waals surface area contributed by atoms with Crippen LogP contribution in [0.3, 0.4) is 0 Å². The summed E-state index contributed by atoms with van der Waals surface area (Å²) in [7, 11) is 3.32. The first kappa shape index (κ1) is 14.2. The number of methoxy groups -OCH3 is 2. The Morgan fingerprint density at radius 1 is 1.26 bits per heavy atom. The van der Waals surface area contributed by atoms with Gasteiger partial charge in [0.1, 0.15) is 0 Å². The van der Waals surface area contributed by atoms with Gasteiger partial charge in [0.25, 0.3) is 0 Å². The average Bonchev–Trinajstić information content (AvgIpc) is 2.88. The van der Waals surface area contributed by atoms with Gasteiger partial charge in [-0.05, 0) is 49.1 Å². The molecule has 0 spiro atoms. The van der Waals surface area contributed by atoms with Crippen LogP contribution in [-0.4, -0.2) is 43.9 Å². The lowest BCUT2D eigenvalue weighted by molar-refractivity contribution is 0.220. The number of likely N-dealkylation sites (tertiary alicyclic amines) is 1. The van der Waals surface area contributed by atoms with E-state index in [9.17, 15) is 5.11 Å². The zero-order valence-corrected chi connectivity index (χ0v) is 12.0.